The molecule has 0 aliphatic heterocycles. The fraction of sp³-hybridized carbons (Fsp3) is 0.875. The minimum Gasteiger partial charge on any atom is -0.465 e. The normalized spacial score (nSPS) is 40.0. The van der Waals surface area contributed by atoms with Crippen LogP contribution in [0.25, 0.3) is 0 Å². The third-order valence-electron chi connectivity index (χ3n) is 15.1. The van der Waals surface area contributed by atoms with Crippen molar-refractivity contribution in [2.45, 2.75) is 151 Å². The van der Waals surface area contributed by atoms with E-state index in [-0.39, 0.29) is 70.7 Å². The van der Waals surface area contributed by atoms with Gasteiger partial charge < -0.3 is 19.0 Å². The number of esters is 3. The topological polar surface area (TPSA) is 131 Å². The van der Waals surface area contributed by atoms with Gasteiger partial charge in [-0.15, -0.1) is 10.1 Å². The number of fused-ring (bicyclic) bond motifs is 7. The van der Waals surface area contributed by atoms with Gasteiger partial charge in [0, 0.05) is 19.3 Å². The van der Waals surface area contributed by atoms with Crippen LogP contribution in [-0.2, 0) is 33.4 Å². The zero-order valence-corrected chi connectivity index (χ0v) is 32.0. The summed E-state index contributed by atoms with van der Waals surface area (Å²) in [7, 11) is 0. The van der Waals surface area contributed by atoms with Gasteiger partial charge in [-0.05, 0) is 123 Å². The molecule has 0 unspecified atom stereocenters. The van der Waals surface area contributed by atoms with E-state index in [0.717, 1.165) is 83.5 Å². The van der Waals surface area contributed by atoms with Crippen molar-refractivity contribution in [2.75, 3.05) is 19.8 Å². The van der Waals surface area contributed by atoms with E-state index in [2.05, 4.69) is 52.5 Å². The standard InChI is InChI=1S/C40H63NO9/c1-27(42)48-26-37(6)31-15-18-39(8)32(36(31,5)17-16-33(37)50-28(2)43)14-13-29-30-25-35(3,4)19-21-40(30,22-20-38(29,39)7)34(44)47-23-11-9-10-12-24-49-41(45)46/h13,30-33H,9-12,14-26H2,1-8H3/t30-,31+,32+,33-,36-,37-,38+,39+,40-/m0/s1. The van der Waals surface area contributed by atoms with Gasteiger partial charge in [0.15, 0.2) is 0 Å². The maximum absolute atomic E-state index is 14.2. The molecule has 282 valence electrons. The van der Waals surface area contributed by atoms with Crippen LogP contribution in [-0.4, -0.2) is 48.9 Å². The lowest BCUT2D eigenvalue weighted by atomic mass is 9.33. The van der Waals surface area contributed by atoms with Crippen LogP contribution in [0.5, 0.6) is 0 Å². The summed E-state index contributed by atoms with van der Waals surface area (Å²) in [6, 6.07) is 0. The Morgan fingerprint density at radius 2 is 1.50 bits per heavy atom. The third kappa shape index (κ3) is 6.70. The molecule has 10 heteroatoms. The second kappa shape index (κ2) is 14.1. The van der Waals surface area contributed by atoms with Crippen LogP contribution in [0.3, 0.4) is 0 Å². The van der Waals surface area contributed by atoms with Crippen LogP contribution < -0.4 is 0 Å². The molecule has 0 radical (unpaired) electrons. The Hall–Kier alpha value is -2.65. The summed E-state index contributed by atoms with van der Waals surface area (Å²) < 4.78 is 17.8. The summed E-state index contributed by atoms with van der Waals surface area (Å²) in [6.45, 7) is 18.0. The largest absolute Gasteiger partial charge is 0.465 e. The molecule has 5 aliphatic carbocycles. The van der Waals surface area contributed by atoms with Gasteiger partial charge in [0.25, 0.3) is 5.09 Å². The second-order valence-corrected chi connectivity index (χ2v) is 18.4. The van der Waals surface area contributed by atoms with Crippen LogP contribution >= 0.6 is 0 Å². The van der Waals surface area contributed by atoms with Crippen molar-refractivity contribution in [3.05, 3.63) is 21.8 Å². The van der Waals surface area contributed by atoms with E-state index in [9.17, 15) is 24.5 Å². The number of hydrogen-bond donors (Lipinski definition) is 0. The highest BCUT2D eigenvalue weighted by Crippen LogP contribution is 2.76. The smallest absolute Gasteiger partial charge is 0.312 e. The van der Waals surface area contributed by atoms with E-state index in [0.29, 0.717) is 18.9 Å². The molecule has 0 amide bonds. The lowest BCUT2D eigenvalue weighted by molar-refractivity contribution is -0.757. The SMILES string of the molecule is CC(=O)OC[C@@]1(C)[C@@H]2CC[C@]3(C)[C@H](CC=C4[C@@H]5CC(C)(C)CC[C@]5(C(=O)OCCCCCCO[N+](=O)[O-])CC[C@]43C)[C@@]2(C)CC[C@@H]1OC(C)=O. The average molecular weight is 702 g/mol. The molecule has 0 spiro atoms. The molecule has 0 heterocycles. The van der Waals surface area contributed by atoms with Gasteiger partial charge in [0.05, 0.1) is 18.6 Å². The van der Waals surface area contributed by atoms with Crippen molar-refractivity contribution in [1.82, 2.24) is 0 Å². The Morgan fingerprint density at radius 1 is 0.820 bits per heavy atom. The monoisotopic (exact) mass is 701 g/mol. The molecule has 0 aromatic heterocycles. The molecule has 50 heavy (non-hydrogen) atoms. The zero-order chi connectivity index (χ0) is 36.8. The Morgan fingerprint density at radius 3 is 2.16 bits per heavy atom. The first kappa shape index (κ1) is 38.6. The van der Waals surface area contributed by atoms with Gasteiger partial charge in [-0.25, -0.2) is 0 Å². The van der Waals surface area contributed by atoms with Gasteiger partial charge in [-0.1, -0.05) is 59.6 Å². The molecule has 9 atom stereocenters. The quantitative estimate of drug-likeness (QED) is 0.0490. The lowest BCUT2D eigenvalue weighted by Gasteiger charge is -2.71. The van der Waals surface area contributed by atoms with Crippen molar-refractivity contribution in [2.24, 2.45) is 50.2 Å². The number of unbranched alkanes of at least 4 members (excludes halogenated alkanes) is 3. The van der Waals surface area contributed by atoms with E-state index in [1.165, 1.54) is 19.4 Å². The maximum atomic E-state index is 14.2. The molecule has 4 fully saturated rings. The molecule has 0 aromatic rings. The minimum absolute atomic E-state index is 0.0233. The third-order valence-corrected chi connectivity index (χ3v) is 15.1. The number of rotatable bonds is 12. The Balaban J connectivity index is 1.39. The van der Waals surface area contributed by atoms with Crippen LogP contribution in [0.15, 0.2) is 11.6 Å². The number of allylic oxidation sites excluding steroid dienone is 2. The van der Waals surface area contributed by atoms with Crippen molar-refractivity contribution in [3.8, 4) is 0 Å². The first-order valence-electron chi connectivity index (χ1n) is 19.3. The molecular formula is C40H63NO9. The first-order valence-corrected chi connectivity index (χ1v) is 19.3. The molecule has 4 saturated carbocycles. The summed E-state index contributed by atoms with van der Waals surface area (Å²) in [5.41, 5.74) is 0.573. The molecule has 5 rings (SSSR count). The average Bonchev–Trinajstić information content (AvgIpc) is 3.02. The van der Waals surface area contributed by atoms with Crippen molar-refractivity contribution in [1.29, 1.82) is 0 Å². The Labute approximate surface area is 299 Å². The molecular weight excluding hydrogens is 638 g/mol. The van der Waals surface area contributed by atoms with Crippen LogP contribution in [0, 0.1) is 60.4 Å². The first-order chi connectivity index (χ1) is 23.3. The minimum atomic E-state index is -0.756. The van der Waals surface area contributed by atoms with Gasteiger partial charge in [0.1, 0.15) is 12.7 Å². The predicted octanol–water partition coefficient (Wildman–Crippen LogP) is 8.57. The highest BCUT2D eigenvalue weighted by atomic mass is 16.9. The summed E-state index contributed by atoms with van der Waals surface area (Å²) >= 11 is 0. The lowest BCUT2D eigenvalue weighted by Crippen LogP contribution is -2.66. The molecule has 0 N–H and O–H groups in total. The van der Waals surface area contributed by atoms with Crippen molar-refractivity contribution >= 4 is 17.9 Å². The van der Waals surface area contributed by atoms with Crippen LogP contribution in [0.2, 0.25) is 0 Å². The Bertz CT molecular complexity index is 1360. The number of hydrogen-bond acceptors (Lipinski definition) is 9. The highest BCUT2D eigenvalue weighted by Gasteiger charge is 2.70. The van der Waals surface area contributed by atoms with E-state index in [1.54, 1.807) is 0 Å². The highest BCUT2D eigenvalue weighted by molar-refractivity contribution is 5.79. The number of carbonyl (C=O) groups is 3. The van der Waals surface area contributed by atoms with E-state index < -0.39 is 15.9 Å². The summed E-state index contributed by atoms with van der Waals surface area (Å²) in [5, 5.41) is 9.62. The van der Waals surface area contributed by atoms with E-state index in [4.69, 9.17) is 14.2 Å². The van der Waals surface area contributed by atoms with Gasteiger partial charge in [0.2, 0.25) is 0 Å². The molecule has 5 aliphatic rings. The summed E-state index contributed by atoms with van der Waals surface area (Å²) in [6.07, 6.45) is 14.5. The maximum Gasteiger partial charge on any atom is 0.312 e. The second-order valence-electron chi connectivity index (χ2n) is 18.4. The number of carbonyl (C=O) groups excluding carboxylic acids is 3. The fourth-order valence-corrected chi connectivity index (χ4v) is 12.3. The molecule has 10 nitrogen and oxygen atoms in total. The van der Waals surface area contributed by atoms with E-state index in [1.807, 2.05) is 0 Å². The summed E-state index contributed by atoms with van der Waals surface area (Å²) in [5.74, 6) is 0.157. The predicted molar refractivity (Wildman–Crippen MR) is 188 cm³/mol. The van der Waals surface area contributed by atoms with Gasteiger partial charge >= 0.3 is 17.9 Å². The van der Waals surface area contributed by atoms with Crippen molar-refractivity contribution in [3.63, 3.8) is 0 Å². The van der Waals surface area contributed by atoms with Crippen LogP contribution in [0.1, 0.15) is 145 Å². The van der Waals surface area contributed by atoms with Gasteiger partial charge in [-0.2, -0.15) is 0 Å². The van der Waals surface area contributed by atoms with Crippen LogP contribution in [0.4, 0.5) is 0 Å². The van der Waals surface area contributed by atoms with Crippen molar-refractivity contribution < 1.29 is 38.5 Å². The Kier molecular flexibility index (Phi) is 10.8. The van der Waals surface area contributed by atoms with Gasteiger partial charge in [-0.3, -0.25) is 14.4 Å². The fourth-order valence-electron chi connectivity index (χ4n) is 12.3. The van der Waals surface area contributed by atoms with E-state index >= 15 is 0 Å². The number of nitrogens with zero attached hydrogens (tertiary/aromatic N) is 1. The molecule has 0 aromatic carbocycles. The molecule has 0 saturated heterocycles. The molecule has 0 bridgehead atoms. The summed E-state index contributed by atoms with van der Waals surface area (Å²) in [4.78, 5) is 53.3. The number of ether oxygens (including phenoxy) is 3. The zero-order valence-electron chi connectivity index (χ0n) is 32.0.